The van der Waals surface area contributed by atoms with E-state index in [-0.39, 0.29) is 23.5 Å². The van der Waals surface area contributed by atoms with Crippen LogP contribution >= 0.6 is 0 Å². The zero-order valence-corrected chi connectivity index (χ0v) is 7.74. The van der Waals surface area contributed by atoms with Crippen LogP contribution in [0.5, 0.6) is 0 Å². The van der Waals surface area contributed by atoms with E-state index >= 15 is 0 Å². The zero-order valence-electron chi connectivity index (χ0n) is 7.74. The number of hydrogen-bond donors (Lipinski definition) is 3. The molecular formula is C8H12N2O4. The van der Waals surface area contributed by atoms with Crippen molar-refractivity contribution in [1.82, 2.24) is 11.5 Å². The lowest BCUT2D eigenvalue weighted by atomic mass is 10.4. The molecule has 1 rings (SSSR count). The average Bonchev–Trinajstić information content (AvgIpc) is 2.35. The maximum absolute atomic E-state index is 10.0. The van der Waals surface area contributed by atoms with E-state index < -0.39 is 5.97 Å². The Morgan fingerprint density at radius 2 is 1.64 bits per heavy atom. The summed E-state index contributed by atoms with van der Waals surface area (Å²) in [4.78, 5) is 29.7. The van der Waals surface area contributed by atoms with E-state index in [1.165, 1.54) is 19.1 Å². The second-order valence-electron chi connectivity index (χ2n) is 2.27. The van der Waals surface area contributed by atoms with Gasteiger partial charge in [0.2, 0.25) is 0 Å². The first-order valence-electron chi connectivity index (χ1n) is 3.35. The smallest absolute Gasteiger partial charge is 0.330 e. The minimum absolute atomic E-state index is 0. The number of carboxylic acid groups (broad SMARTS) is 1. The van der Waals surface area contributed by atoms with Crippen LogP contribution in [-0.2, 0) is 14.4 Å². The van der Waals surface area contributed by atoms with Crippen LogP contribution in [0.25, 0.3) is 0 Å². The van der Waals surface area contributed by atoms with Gasteiger partial charge >= 0.3 is 5.97 Å². The molecule has 0 aromatic heterocycles. The van der Waals surface area contributed by atoms with Gasteiger partial charge in [0.05, 0.1) is 0 Å². The molecule has 0 saturated heterocycles. The van der Waals surface area contributed by atoms with Crippen LogP contribution in [0.2, 0.25) is 0 Å². The number of carbonyl (C=O) groups excluding carboxylic acids is 2. The molecule has 0 unspecified atom stereocenters. The highest BCUT2D eigenvalue weighted by Gasteiger charge is 2.06. The van der Waals surface area contributed by atoms with E-state index in [0.29, 0.717) is 0 Å². The molecule has 0 atom stereocenters. The standard InChI is InChI=1S/C4H3NO2.C4H6O2.H3N/c6-3-1-2-4(7)5-3;1-3(2)4(5)6;/h1-2H,(H,5,6,7);1H2,2H3,(H,5,6);1H3. The average molecular weight is 200 g/mol. The summed E-state index contributed by atoms with van der Waals surface area (Å²) < 4.78 is 0. The Kier molecular flexibility index (Phi) is 6.82. The quantitative estimate of drug-likeness (QED) is 0.407. The summed E-state index contributed by atoms with van der Waals surface area (Å²) in [6.45, 7) is 4.60. The van der Waals surface area contributed by atoms with Gasteiger partial charge in [-0.25, -0.2) is 4.79 Å². The minimum atomic E-state index is -0.935. The van der Waals surface area contributed by atoms with Crippen molar-refractivity contribution in [1.29, 1.82) is 0 Å². The molecule has 1 aliphatic rings. The molecule has 0 aliphatic carbocycles. The van der Waals surface area contributed by atoms with Crippen molar-refractivity contribution < 1.29 is 19.5 Å². The first kappa shape index (κ1) is 14.6. The van der Waals surface area contributed by atoms with Crippen molar-refractivity contribution >= 4 is 17.8 Å². The van der Waals surface area contributed by atoms with Crippen LogP contribution in [-0.4, -0.2) is 22.9 Å². The lowest BCUT2D eigenvalue weighted by molar-refractivity contribution is -0.132. The van der Waals surface area contributed by atoms with E-state index in [9.17, 15) is 14.4 Å². The molecule has 0 fully saturated rings. The van der Waals surface area contributed by atoms with Gasteiger partial charge in [0.25, 0.3) is 11.8 Å². The number of imide groups is 1. The topological polar surface area (TPSA) is 118 Å². The Morgan fingerprint density at radius 3 is 1.71 bits per heavy atom. The van der Waals surface area contributed by atoms with E-state index in [0.717, 1.165) is 0 Å². The Balaban J connectivity index is 0. The van der Waals surface area contributed by atoms with Crippen LogP contribution in [0.4, 0.5) is 0 Å². The first-order chi connectivity index (χ1) is 5.93. The number of aliphatic carboxylic acids is 1. The molecule has 0 bridgehead atoms. The summed E-state index contributed by atoms with van der Waals surface area (Å²) in [6.07, 6.45) is 2.39. The molecule has 0 spiro atoms. The van der Waals surface area contributed by atoms with E-state index in [4.69, 9.17) is 5.11 Å². The molecule has 6 nitrogen and oxygen atoms in total. The lowest BCUT2D eigenvalue weighted by Gasteiger charge is -1.80. The van der Waals surface area contributed by atoms with Gasteiger partial charge in [-0.15, -0.1) is 0 Å². The van der Waals surface area contributed by atoms with Gasteiger partial charge in [-0.2, -0.15) is 0 Å². The molecule has 78 valence electrons. The number of hydrogen-bond acceptors (Lipinski definition) is 4. The molecule has 1 aliphatic heterocycles. The number of rotatable bonds is 1. The minimum Gasteiger partial charge on any atom is -0.478 e. The third-order valence-corrected chi connectivity index (χ3v) is 0.998. The summed E-state index contributed by atoms with van der Waals surface area (Å²) in [6, 6.07) is 0. The van der Waals surface area contributed by atoms with Crippen LogP contribution in [0.3, 0.4) is 0 Å². The number of nitrogens with one attached hydrogen (secondary N) is 1. The predicted molar refractivity (Wildman–Crippen MR) is 49.8 cm³/mol. The highest BCUT2D eigenvalue weighted by atomic mass is 16.4. The fourth-order valence-electron chi connectivity index (χ4n) is 0.356. The van der Waals surface area contributed by atoms with E-state index in [1.54, 1.807) is 0 Å². The lowest BCUT2D eigenvalue weighted by Crippen LogP contribution is -2.19. The van der Waals surface area contributed by atoms with Gasteiger partial charge in [0.1, 0.15) is 0 Å². The van der Waals surface area contributed by atoms with Gasteiger partial charge < -0.3 is 11.3 Å². The normalized spacial score (nSPS) is 12.1. The summed E-state index contributed by atoms with van der Waals surface area (Å²) in [5, 5.41) is 9.92. The highest BCUT2D eigenvalue weighted by molar-refractivity contribution is 6.12. The second kappa shape index (κ2) is 6.55. The van der Waals surface area contributed by atoms with Crippen LogP contribution < -0.4 is 11.5 Å². The summed E-state index contributed by atoms with van der Waals surface area (Å²) >= 11 is 0. The molecule has 1 heterocycles. The molecule has 6 heteroatoms. The Labute approximate surface area is 80.9 Å². The van der Waals surface area contributed by atoms with E-state index in [1.807, 2.05) is 5.32 Å². The molecule has 5 N–H and O–H groups in total. The number of carboxylic acids is 1. The molecular weight excluding hydrogens is 188 g/mol. The van der Waals surface area contributed by atoms with Crippen molar-refractivity contribution in [3.05, 3.63) is 24.3 Å². The maximum atomic E-state index is 10.0. The molecule has 0 aromatic rings. The molecule has 2 amide bonds. The van der Waals surface area contributed by atoms with Crippen molar-refractivity contribution in [3.63, 3.8) is 0 Å². The fourth-order valence-corrected chi connectivity index (χ4v) is 0.356. The third kappa shape index (κ3) is 6.74. The third-order valence-electron chi connectivity index (χ3n) is 0.998. The van der Waals surface area contributed by atoms with Gasteiger partial charge in [-0.1, -0.05) is 6.58 Å². The van der Waals surface area contributed by atoms with Gasteiger partial charge in [-0.3, -0.25) is 14.9 Å². The van der Waals surface area contributed by atoms with Gasteiger partial charge in [-0.05, 0) is 6.92 Å². The second-order valence-corrected chi connectivity index (χ2v) is 2.27. The zero-order chi connectivity index (χ0) is 10.4. The Morgan fingerprint density at radius 1 is 1.36 bits per heavy atom. The summed E-state index contributed by atoms with van der Waals surface area (Å²) in [5.74, 6) is -1.59. The molecule has 14 heavy (non-hydrogen) atoms. The van der Waals surface area contributed by atoms with Crippen molar-refractivity contribution in [2.45, 2.75) is 6.92 Å². The fraction of sp³-hybridized carbons (Fsp3) is 0.125. The summed E-state index contributed by atoms with van der Waals surface area (Å²) in [7, 11) is 0. The van der Waals surface area contributed by atoms with Crippen molar-refractivity contribution in [3.8, 4) is 0 Å². The molecule has 0 saturated carbocycles. The summed E-state index contributed by atoms with van der Waals surface area (Å²) in [5.41, 5.74) is 0.176. The van der Waals surface area contributed by atoms with Crippen LogP contribution in [0, 0.1) is 0 Å². The first-order valence-corrected chi connectivity index (χ1v) is 3.35. The molecule has 0 radical (unpaired) electrons. The SMILES string of the molecule is C=C(C)C(=O)O.N.O=C1C=CC(=O)N1. The van der Waals surface area contributed by atoms with Gasteiger partial charge in [0.15, 0.2) is 0 Å². The Hall–Kier alpha value is -1.95. The maximum Gasteiger partial charge on any atom is 0.330 e. The molecule has 0 aromatic carbocycles. The van der Waals surface area contributed by atoms with Crippen LogP contribution in [0.1, 0.15) is 6.92 Å². The predicted octanol–water partition coefficient (Wildman–Crippen LogP) is 0.00810. The van der Waals surface area contributed by atoms with Crippen LogP contribution in [0.15, 0.2) is 24.3 Å². The monoisotopic (exact) mass is 200 g/mol. The van der Waals surface area contributed by atoms with Gasteiger partial charge in [0, 0.05) is 17.7 Å². The van der Waals surface area contributed by atoms with Crippen molar-refractivity contribution in [2.24, 2.45) is 0 Å². The largest absolute Gasteiger partial charge is 0.478 e. The number of amides is 2. The Bertz CT molecular complexity index is 266. The van der Waals surface area contributed by atoms with E-state index in [2.05, 4.69) is 6.58 Å². The highest BCUT2D eigenvalue weighted by Crippen LogP contribution is 1.82. The number of carbonyl (C=O) groups is 3. The van der Waals surface area contributed by atoms with Crippen molar-refractivity contribution in [2.75, 3.05) is 0 Å².